The van der Waals surface area contributed by atoms with Crippen LogP contribution >= 0.6 is 0 Å². The van der Waals surface area contributed by atoms with Crippen LogP contribution in [0.4, 0.5) is 5.95 Å². The molecule has 1 unspecified atom stereocenters. The van der Waals surface area contributed by atoms with Crippen LogP contribution in [0, 0.1) is 0 Å². The Labute approximate surface area is 176 Å². The van der Waals surface area contributed by atoms with Gasteiger partial charge < -0.3 is 19.7 Å². The molecule has 3 aromatic heterocycles. The van der Waals surface area contributed by atoms with Crippen LogP contribution in [-0.4, -0.2) is 41.9 Å². The quantitative estimate of drug-likeness (QED) is 0.384. The Hall–Kier alpha value is -3.92. The second kappa shape index (κ2) is 8.84. The van der Waals surface area contributed by atoms with Crippen LogP contribution in [0.1, 0.15) is 5.56 Å². The molecule has 160 valence electrons. The van der Waals surface area contributed by atoms with Gasteiger partial charge in [0.25, 0.3) is 5.56 Å². The van der Waals surface area contributed by atoms with Crippen LogP contribution in [0.3, 0.4) is 0 Å². The van der Waals surface area contributed by atoms with E-state index in [2.05, 4.69) is 20.3 Å². The number of hydrogen-bond acceptors (Lipinski definition) is 7. The average Bonchev–Trinajstić information content (AvgIpc) is 3.15. The molecule has 4 aromatic rings. The Morgan fingerprint density at radius 3 is 2.74 bits per heavy atom. The van der Waals surface area contributed by atoms with Crippen molar-refractivity contribution in [1.82, 2.24) is 24.1 Å². The Morgan fingerprint density at radius 1 is 1.19 bits per heavy atom. The van der Waals surface area contributed by atoms with Gasteiger partial charge in [-0.2, -0.15) is 4.98 Å². The number of rotatable bonds is 8. The Morgan fingerprint density at radius 2 is 2.00 bits per heavy atom. The number of aromatic nitrogens is 5. The van der Waals surface area contributed by atoms with Crippen molar-refractivity contribution in [2.75, 3.05) is 11.9 Å². The molecule has 1 atom stereocenters. The van der Waals surface area contributed by atoms with Gasteiger partial charge in [0, 0.05) is 26.0 Å². The van der Waals surface area contributed by atoms with Crippen LogP contribution < -0.4 is 21.3 Å². The predicted octanol–water partition coefficient (Wildman–Crippen LogP) is 0.870. The maximum Gasteiger partial charge on any atom is 0.329 e. The number of nitrogens with zero attached hydrogens (tertiary/aromatic N) is 4. The number of pyridine rings is 1. The molecule has 4 rings (SSSR count). The van der Waals surface area contributed by atoms with E-state index in [4.69, 9.17) is 4.74 Å². The molecule has 10 nitrogen and oxygen atoms in total. The number of aliphatic hydroxyl groups excluding tert-OH is 1. The van der Waals surface area contributed by atoms with Crippen molar-refractivity contribution in [2.45, 2.75) is 19.2 Å². The molecule has 0 spiro atoms. The first kappa shape index (κ1) is 20.4. The minimum absolute atomic E-state index is 0.0232. The Kier molecular flexibility index (Phi) is 5.80. The summed E-state index contributed by atoms with van der Waals surface area (Å²) in [5, 5.41) is 13.7. The minimum Gasteiger partial charge on any atom is -0.491 e. The second-order valence-electron chi connectivity index (χ2n) is 7.03. The highest BCUT2D eigenvalue weighted by molar-refractivity contribution is 5.74. The topological polar surface area (TPSA) is 127 Å². The van der Waals surface area contributed by atoms with Gasteiger partial charge in [0.2, 0.25) is 5.95 Å². The third kappa shape index (κ3) is 4.48. The Bertz CT molecular complexity index is 1280. The summed E-state index contributed by atoms with van der Waals surface area (Å²) < 4.78 is 8.44. The maximum absolute atomic E-state index is 12.5. The van der Waals surface area contributed by atoms with Gasteiger partial charge in [-0.25, -0.2) is 4.79 Å². The van der Waals surface area contributed by atoms with Crippen LogP contribution in [0.2, 0.25) is 0 Å². The fraction of sp³-hybridized carbons (Fsp3) is 0.238. The highest BCUT2D eigenvalue weighted by Gasteiger charge is 2.20. The SMILES string of the molecule is Cn1c(=O)[nH]c(=O)c2c1nc(NCc1cccnc1)n2CC(O)COc1ccccc1. The third-order valence-corrected chi connectivity index (χ3v) is 4.76. The minimum atomic E-state index is -0.923. The molecule has 0 aliphatic heterocycles. The molecule has 3 N–H and O–H groups in total. The van der Waals surface area contributed by atoms with Gasteiger partial charge in [0.15, 0.2) is 11.2 Å². The van der Waals surface area contributed by atoms with Crippen molar-refractivity contribution in [2.24, 2.45) is 7.05 Å². The van der Waals surface area contributed by atoms with E-state index < -0.39 is 17.4 Å². The van der Waals surface area contributed by atoms with Crippen LogP contribution in [0.25, 0.3) is 11.2 Å². The van der Waals surface area contributed by atoms with E-state index >= 15 is 0 Å². The molecular weight excluding hydrogens is 400 g/mol. The zero-order chi connectivity index (χ0) is 21.8. The van der Waals surface area contributed by atoms with Gasteiger partial charge in [-0.05, 0) is 23.8 Å². The standard InChI is InChI=1S/C21H22N6O4/c1-26-18-17(19(29)25-21(26)30)27(12-15(28)13-31-16-7-3-2-4-8-16)20(24-18)23-11-14-6-5-9-22-10-14/h2-10,15,28H,11-13H2,1H3,(H,23,24)(H,25,29,30). The number of ether oxygens (including phenoxy) is 1. The summed E-state index contributed by atoms with van der Waals surface area (Å²) in [6.45, 7) is 0.467. The third-order valence-electron chi connectivity index (χ3n) is 4.76. The van der Waals surface area contributed by atoms with Gasteiger partial charge in [-0.15, -0.1) is 0 Å². The molecular formula is C21H22N6O4. The molecule has 0 aliphatic carbocycles. The predicted molar refractivity (Wildman–Crippen MR) is 115 cm³/mol. The van der Waals surface area contributed by atoms with Gasteiger partial charge in [-0.1, -0.05) is 24.3 Å². The number of para-hydroxylation sites is 1. The summed E-state index contributed by atoms with van der Waals surface area (Å²) in [5.41, 5.74) is 0.190. The zero-order valence-corrected chi connectivity index (χ0v) is 16.9. The average molecular weight is 422 g/mol. The number of hydrogen-bond donors (Lipinski definition) is 3. The van der Waals surface area contributed by atoms with Crippen LogP contribution in [0.15, 0.2) is 64.4 Å². The summed E-state index contributed by atoms with van der Waals surface area (Å²) in [5.74, 6) is 0.983. The summed E-state index contributed by atoms with van der Waals surface area (Å²) in [6.07, 6.45) is 2.47. The molecule has 0 saturated heterocycles. The first-order valence-electron chi connectivity index (χ1n) is 9.71. The summed E-state index contributed by atoms with van der Waals surface area (Å²) >= 11 is 0. The van der Waals surface area contributed by atoms with E-state index in [-0.39, 0.29) is 24.3 Å². The molecule has 31 heavy (non-hydrogen) atoms. The van der Waals surface area contributed by atoms with E-state index in [1.54, 1.807) is 29.1 Å². The Balaban J connectivity index is 1.63. The smallest absolute Gasteiger partial charge is 0.329 e. The van der Waals surface area contributed by atoms with Gasteiger partial charge in [-0.3, -0.25) is 19.3 Å². The van der Waals surface area contributed by atoms with E-state index in [9.17, 15) is 14.7 Å². The maximum atomic E-state index is 12.5. The molecule has 0 bridgehead atoms. The van der Waals surface area contributed by atoms with Crippen molar-refractivity contribution >= 4 is 17.1 Å². The van der Waals surface area contributed by atoms with Crippen molar-refractivity contribution < 1.29 is 9.84 Å². The molecule has 10 heteroatoms. The summed E-state index contributed by atoms with van der Waals surface area (Å²) in [4.78, 5) is 35.3. The molecule has 0 fully saturated rings. The van der Waals surface area contributed by atoms with Crippen molar-refractivity contribution in [3.63, 3.8) is 0 Å². The number of fused-ring (bicyclic) bond motifs is 1. The molecule has 0 radical (unpaired) electrons. The van der Waals surface area contributed by atoms with Crippen LogP contribution in [0.5, 0.6) is 5.75 Å². The lowest BCUT2D eigenvalue weighted by molar-refractivity contribution is 0.0938. The number of aromatic amines is 1. The second-order valence-corrected chi connectivity index (χ2v) is 7.03. The number of aliphatic hydroxyl groups is 1. The zero-order valence-electron chi connectivity index (χ0n) is 16.9. The summed E-state index contributed by atoms with van der Waals surface area (Å²) in [7, 11) is 1.53. The molecule has 1 aromatic carbocycles. The highest BCUT2D eigenvalue weighted by Crippen LogP contribution is 2.17. The van der Waals surface area contributed by atoms with E-state index in [0.29, 0.717) is 18.2 Å². The number of nitrogens with one attached hydrogen (secondary N) is 2. The van der Waals surface area contributed by atoms with Crippen LogP contribution in [-0.2, 0) is 20.1 Å². The first-order chi connectivity index (χ1) is 15.0. The number of H-pyrrole nitrogens is 1. The van der Waals surface area contributed by atoms with Gasteiger partial charge >= 0.3 is 5.69 Å². The number of benzene rings is 1. The fourth-order valence-electron chi connectivity index (χ4n) is 3.20. The van der Waals surface area contributed by atoms with Gasteiger partial charge in [0.1, 0.15) is 18.5 Å². The molecule has 3 heterocycles. The lowest BCUT2D eigenvalue weighted by Crippen LogP contribution is -2.30. The molecule has 0 saturated carbocycles. The normalized spacial score (nSPS) is 12.1. The summed E-state index contributed by atoms with van der Waals surface area (Å²) in [6, 6.07) is 12.9. The van der Waals surface area contributed by atoms with Gasteiger partial charge in [0.05, 0.1) is 6.54 Å². The number of imidazole rings is 1. The number of anilines is 1. The van der Waals surface area contributed by atoms with E-state index in [1.165, 1.54) is 11.6 Å². The van der Waals surface area contributed by atoms with Crippen molar-refractivity contribution in [3.8, 4) is 5.75 Å². The van der Waals surface area contributed by atoms with E-state index in [1.807, 2.05) is 30.3 Å². The first-order valence-corrected chi connectivity index (χ1v) is 9.71. The van der Waals surface area contributed by atoms with Crippen molar-refractivity contribution in [1.29, 1.82) is 0 Å². The number of aryl methyl sites for hydroxylation is 1. The lowest BCUT2D eigenvalue weighted by atomic mass is 10.3. The largest absolute Gasteiger partial charge is 0.491 e. The highest BCUT2D eigenvalue weighted by atomic mass is 16.5. The van der Waals surface area contributed by atoms with Crippen molar-refractivity contribution in [3.05, 3.63) is 81.3 Å². The van der Waals surface area contributed by atoms with E-state index in [0.717, 1.165) is 5.56 Å². The lowest BCUT2D eigenvalue weighted by Gasteiger charge is -2.16. The molecule has 0 amide bonds. The monoisotopic (exact) mass is 422 g/mol. The fourth-order valence-corrected chi connectivity index (χ4v) is 3.20. The molecule has 0 aliphatic rings.